The Morgan fingerprint density at radius 3 is 2.47 bits per heavy atom. The summed E-state index contributed by atoms with van der Waals surface area (Å²) in [5, 5.41) is 0.485. The van der Waals surface area contributed by atoms with Gasteiger partial charge in [-0.1, -0.05) is 36.8 Å². The van der Waals surface area contributed by atoms with Gasteiger partial charge in [-0.05, 0) is 56.6 Å². The summed E-state index contributed by atoms with van der Waals surface area (Å²) in [5.74, 6) is 1.16. The first kappa shape index (κ1) is 28.4. The number of piperazine rings is 1. The van der Waals surface area contributed by atoms with Crippen LogP contribution in [0, 0.1) is 11.8 Å². The lowest BCUT2D eigenvalue weighted by Gasteiger charge is -2.40. The van der Waals surface area contributed by atoms with Crippen molar-refractivity contribution in [3.05, 3.63) is 47.7 Å². The van der Waals surface area contributed by atoms with Gasteiger partial charge in [0.1, 0.15) is 0 Å². The standard InChI is InChI=1S/C31H45Cl2N3O2/c1-38-30-10-5-9-26-27(29(37)19-23-7-3-2-4-8-23)22-36(31(26)30)14-6-13-34-15-17-35(18-16-34)21-24-11-12-25(32)20-28(24)33/h2-4,7-8,22,24-26,28,30-31H,5-6,9-21H2,1H3/t24?,25?,26?,28-,30-,31?/m1/s1. The van der Waals surface area contributed by atoms with Gasteiger partial charge in [-0.15, -0.1) is 23.2 Å². The third kappa shape index (κ3) is 6.96. The molecular weight excluding hydrogens is 517 g/mol. The molecule has 0 aromatic heterocycles. The fourth-order valence-electron chi connectivity index (χ4n) is 7.26. The number of methoxy groups -OCH3 is 1. The van der Waals surface area contributed by atoms with Gasteiger partial charge in [0.2, 0.25) is 0 Å². The van der Waals surface area contributed by atoms with Crippen LogP contribution in [0.25, 0.3) is 0 Å². The Kier molecular flexibility index (Phi) is 10.1. The predicted octanol–water partition coefficient (Wildman–Crippen LogP) is 5.20. The molecule has 5 rings (SSSR count). The summed E-state index contributed by atoms with van der Waals surface area (Å²) in [6.07, 6.45) is 10.5. The number of ether oxygens (including phenoxy) is 1. The maximum atomic E-state index is 13.4. The van der Waals surface area contributed by atoms with Crippen molar-refractivity contribution in [3.63, 3.8) is 0 Å². The first-order valence-corrected chi connectivity index (χ1v) is 15.7. The Balaban J connectivity index is 1.11. The van der Waals surface area contributed by atoms with Gasteiger partial charge in [0, 0.05) is 81.2 Å². The van der Waals surface area contributed by atoms with E-state index in [1.807, 2.05) is 25.3 Å². The largest absolute Gasteiger partial charge is 0.379 e. The van der Waals surface area contributed by atoms with E-state index >= 15 is 0 Å². The Bertz CT molecular complexity index is 936. The molecule has 0 spiro atoms. The van der Waals surface area contributed by atoms with E-state index in [4.69, 9.17) is 27.9 Å². The summed E-state index contributed by atoms with van der Waals surface area (Å²) in [6.45, 7) is 7.72. The van der Waals surface area contributed by atoms with Gasteiger partial charge in [-0.3, -0.25) is 4.79 Å². The lowest BCUT2D eigenvalue weighted by Crippen LogP contribution is -2.50. The third-order valence-corrected chi connectivity index (χ3v) is 10.3. The highest BCUT2D eigenvalue weighted by atomic mass is 35.5. The number of hydrogen-bond donors (Lipinski definition) is 0. The molecule has 210 valence electrons. The summed E-state index contributed by atoms with van der Waals surface area (Å²) < 4.78 is 5.95. The summed E-state index contributed by atoms with van der Waals surface area (Å²) in [4.78, 5) is 21.1. The van der Waals surface area contributed by atoms with Crippen molar-refractivity contribution in [1.82, 2.24) is 14.7 Å². The Hall–Kier alpha value is -1.11. The highest BCUT2D eigenvalue weighted by molar-refractivity contribution is 6.24. The van der Waals surface area contributed by atoms with E-state index in [-0.39, 0.29) is 22.6 Å². The normalized spacial score (nSPS) is 32.7. The molecule has 1 aromatic rings. The molecule has 2 aliphatic heterocycles. The zero-order chi connectivity index (χ0) is 26.5. The fraction of sp³-hybridized carbons (Fsp3) is 0.710. The van der Waals surface area contributed by atoms with Gasteiger partial charge in [-0.25, -0.2) is 0 Å². The average Bonchev–Trinajstić information content (AvgIpc) is 3.31. The number of nitrogens with zero attached hydrogens (tertiary/aromatic N) is 3. The lowest BCUT2D eigenvalue weighted by molar-refractivity contribution is -0.115. The minimum atomic E-state index is 0.204. The minimum Gasteiger partial charge on any atom is -0.379 e. The third-order valence-electron chi connectivity index (χ3n) is 9.41. The van der Waals surface area contributed by atoms with Crippen LogP contribution in [0.5, 0.6) is 0 Å². The molecule has 2 aliphatic carbocycles. The van der Waals surface area contributed by atoms with Gasteiger partial charge in [0.05, 0.1) is 12.1 Å². The summed E-state index contributed by atoms with van der Waals surface area (Å²) >= 11 is 12.9. The molecule has 0 radical (unpaired) electrons. The Morgan fingerprint density at radius 1 is 0.974 bits per heavy atom. The van der Waals surface area contributed by atoms with Crippen molar-refractivity contribution < 1.29 is 9.53 Å². The second kappa shape index (κ2) is 13.5. The van der Waals surface area contributed by atoms with E-state index < -0.39 is 0 Å². The molecule has 0 bridgehead atoms. The SMILES string of the molecule is CO[C@@H]1CCCC2C(C(=O)Cc3ccccc3)=CN(CCCN3CCN(CC4CCC(Cl)C[C@H]4Cl)CC3)C21. The molecule has 6 atom stereocenters. The second-order valence-electron chi connectivity index (χ2n) is 11.9. The number of Topliss-reactive ketones (excluding diaryl/α,β-unsaturated/α-hetero) is 1. The topological polar surface area (TPSA) is 36.0 Å². The quantitative estimate of drug-likeness (QED) is 0.367. The van der Waals surface area contributed by atoms with Crippen LogP contribution in [-0.4, -0.2) is 96.3 Å². The van der Waals surface area contributed by atoms with Crippen molar-refractivity contribution in [2.75, 3.05) is 52.9 Å². The van der Waals surface area contributed by atoms with Crippen LogP contribution in [0.3, 0.4) is 0 Å². The lowest BCUT2D eigenvalue weighted by atomic mass is 9.78. The zero-order valence-electron chi connectivity index (χ0n) is 22.9. The number of rotatable bonds is 10. The van der Waals surface area contributed by atoms with Gasteiger partial charge in [0.25, 0.3) is 0 Å². The number of carbonyl (C=O) groups is 1. The van der Waals surface area contributed by atoms with Crippen molar-refractivity contribution >= 4 is 29.0 Å². The zero-order valence-corrected chi connectivity index (χ0v) is 24.5. The Morgan fingerprint density at radius 2 is 1.74 bits per heavy atom. The van der Waals surface area contributed by atoms with E-state index in [1.165, 1.54) is 0 Å². The maximum absolute atomic E-state index is 13.4. The Labute approximate surface area is 239 Å². The van der Waals surface area contributed by atoms with E-state index in [1.54, 1.807) is 0 Å². The molecule has 2 heterocycles. The van der Waals surface area contributed by atoms with Crippen molar-refractivity contribution in [1.29, 1.82) is 0 Å². The van der Waals surface area contributed by atoms with Crippen LogP contribution in [0.1, 0.15) is 50.5 Å². The van der Waals surface area contributed by atoms with Crippen LogP contribution in [0.15, 0.2) is 42.1 Å². The average molecular weight is 563 g/mol. The molecule has 4 unspecified atom stereocenters. The van der Waals surface area contributed by atoms with Gasteiger partial charge >= 0.3 is 0 Å². The van der Waals surface area contributed by atoms with Crippen molar-refractivity contribution in [2.45, 2.75) is 74.3 Å². The molecule has 38 heavy (non-hydrogen) atoms. The number of ketones is 1. The number of hydrogen-bond acceptors (Lipinski definition) is 5. The number of benzene rings is 1. The van der Waals surface area contributed by atoms with Gasteiger partial charge in [-0.2, -0.15) is 0 Å². The van der Waals surface area contributed by atoms with Crippen molar-refractivity contribution in [2.24, 2.45) is 11.8 Å². The monoisotopic (exact) mass is 561 g/mol. The van der Waals surface area contributed by atoms with E-state index in [9.17, 15) is 4.79 Å². The summed E-state index contributed by atoms with van der Waals surface area (Å²) in [7, 11) is 1.84. The second-order valence-corrected chi connectivity index (χ2v) is 13.1. The molecule has 3 fully saturated rings. The van der Waals surface area contributed by atoms with Crippen LogP contribution in [0.4, 0.5) is 0 Å². The molecule has 0 amide bonds. The molecule has 1 saturated heterocycles. The number of halogens is 2. The van der Waals surface area contributed by atoms with Gasteiger partial charge < -0.3 is 19.4 Å². The maximum Gasteiger partial charge on any atom is 0.165 e. The first-order valence-electron chi connectivity index (χ1n) is 14.8. The summed E-state index contributed by atoms with van der Waals surface area (Å²) in [5.41, 5.74) is 2.12. The molecular formula is C31H45Cl2N3O2. The predicted molar refractivity (Wildman–Crippen MR) is 156 cm³/mol. The highest BCUT2D eigenvalue weighted by Crippen LogP contribution is 2.41. The molecule has 5 nitrogen and oxygen atoms in total. The first-order chi connectivity index (χ1) is 18.5. The smallest absolute Gasteiger partial charge is 0.165 e. The molecule has 2 saturated carbocycles. The van der Waals surface area contributed by atoms with Crippen LogP contribution in [-0.2, 0) is 16.0 Å². The van der Waals surface area contributed by atoms with E-state index in [0.717, 1.165) is 102 Å². The van der Waals surface area contributed by atoms with Crippen LogP contribution in [0.2, 0.25) is 0 Å². The van der Waals surface area contributed by atoms with Gasteiger partial charge in [0.15, 0.2) is 5.78 Å². The minimum absolute atomic E-state index is 0.204. The molecule has 7 heteroatoms. The van der Waals surface area contributed by atoms with E-state index in [0.29, 0.717) is 24.3 Å². The van der Waals surface area contributed by atoms with E-state index in [2.05, 4.69) is 33.0 Å². The fourth-order valence-corrected chi connectivity index (χ4v) is 8.09. The molecule has 1 aromatic carbocycles. The summed E-state index contributed by atoms with van der Waals surface area (Å²) in [6, 6.07) is 10.4. The van der Waals surface area contributed by atoms with Crippen LogP contribution < -0.4 is 0 Å². The van der Waals surface area contributed by atoms with Crippen molar-refractivity contribution in [3.8, 4) is 0 Å². The molecule has 4 aliphatic rings. The molecule has 0 N–H and O–H groups in total. The number of carbonyl (C=O) groups excluding carboxylic acids is 1. The van der Waals surface area contributed by atoms with Crippen LogP contribution >= 0.6 is 23.2 Å². The number of fused-ring (bicyclic) bond motifs is 1. The highest BCUT2D eigenvalue weighted by Gasteiger charge is 2.44. The number of alkyl halides is 2.